The smallest absolute Gasteiger partial charge is 0.0313 e. The van der Waals surface area contributed by atoms with Crippen molar-refractivity contribution in [2.75, 3.05) is 19.6 Å². The molecule has 3 heteroatoms. The van der Waals surface area contributed by atoms with Crippen molar-refractivity contribution in [2.45, 2.75) is 26.3 Å². The van der Waals surface area contributed by atoms with E-state index < -0.39 is 0 Å². The molecule has 1 aromatic rings. The van der Waals surface area contributed by atoms with Gasteiger partial charge in [0, 0.05) is 25.5 Å². The zero-order valence-electron chi connectivity index (χ0n) is 10.0. The lowest BCUT2D eigenvalue weighted by Gasteiger charge is -2.32. The molecule has 2 N–H and O–H groups in total. The molecule has 0 radical (unpaired) electrons. The van der Waals surface area contributed by atoms with Gasteiger partial charge in [0.1, 0.15) is 0 Å². The van der Waals surface area contributed by atoms with Gasteiger partial charge in [0.2, 0.25) is 0 Å². The highest BCUT2D eigenvalue weighted by Crippen LogP contribution is 2.17. The van der Waals surface area contributed by atoms with Crippen LogP contribution in [0.4, 0.5) is 0 Å². The quantitative estimate of drug-likeness (QED) is 0.839. The van der Waals surface area contributed by atoms with Crippen molar-refractivity contribution in [1.82, 2.24) is 9.88 Å². The van der Waals surface area contributed by atoms with E-state index in [-0.39, 0.29) is 0 Å². The molecule has 0 aromatic carbocycles. The molecule has 0 saturated carbocycles. The lowest BCUT2D eigenvalue weighted by atomic mass is 9.98. The van der Waals surface area contributed by atoms with Crippen LogP contribution in [0.3, 0.4) is 0 Å². The van der Waals surface area contributed by atoms with Crippen LogP contribution >= 0.6 is 0 Å². The van der Waals surface area contributed by atoms with Crippen LogP contribution in [0.5, 0.6) is 0 Å². The summed E-state index contributed by atoms with van der Waals surface area (Å²) >= 11 is 0. The second-order valence-electron chi connectivity index (χ2n) is 4.85. The van der Waals surface area contributed by atoms with Gasteiger partial charge < -0.3 is 5.73 Å². The zero-order valence-corrected chi connectivity index (χ0v) is 10.0. The van der Waals surface area contributed by atoms with Gasteiger partial charge in [-0.3, -0.25) is 9.88 Å². The van der Waals surface area contributed by atoms with Crippen molar-refractivity contribution in [3.8, 4) is 0 Å². The van der Waals surface area contributed by atoms with Crippen molar-refractivity contribution >= 4 is 0 Å². The van der Waals surface area contributed by atoms with Gasteiger partial charge in [0.25, 0.3) is 0 Å². The lowest BCUT2D eigenvalue weighted by Crippen LogP contribution is -2.37. The van der Waals surface area contributed by atoms with E-state index in [9.17, 15) is 0 Å². The third-order valence-electron chi connectivity index (χ3n) is 3.27. The Kier molecular flexibility index (Phi) is 3.91. The summed E-state index contributed by atoms with van der Waals surface area (Å²) < 4.78 is 0. The summed E-state index contributed by atoms with van der Waals surface area (Å²) in [6.45, 7) is 6.28. The molecule has 0 amide bonds. The van der Waals surface area contributed by atoms with Crippen molar-refractivity contribution in [3.05, 3.63) is 29.6 Å². The Labute approximate surface area is 97.7 Å². The number of nitrogens with zero attached hydrogens (tertiary/aromatic N) is 2. The molecule has 1 fully saturated rings. The first-order valence-electron chi connectivity index (χ1n) is 6.11. The van der Waals surface area contributed by atoms with Crippen LogP contribution in [0.25, 0.3) is 0 Å². The third-order valence-corrected chi connectivity index (χ3v) is 3.27. The second-order valence-corrected chi connectivity index (χ2v) is 4.85. The summed E-state index contributed by atoms with van der Waals surface area (Å²) in [5.41, 5.74) is 8.30. The van der Waals surface area contributed by atoms with E-state index in [4.69, 9.17) is 5.73 Å². The molecule has 16 heavy (non-hydrogen) atoms. The van der Waals surface area contributed by atoms with Gasteiger partial charge in [-0.15, -0.1) is 0 Å². The standard InChI is InChI=1S/C13H21N3/c1-11-5-13(8-15-7-11)10-16-4-2-3-12(6-14)9-16/h5,7-8,12H,2-4,6,9-10,14H2,1H3. The van der Waals surface area contributed by atoms with Gasteiger partial charge >= 0.3 is 0 Å². The number of likely N-dealkylation sites (tertiary alicyclic amines) is 1. The molecule has 1 aliphatic rings. The molecule has 2 heterocycles. The Balaban J connectivity index is 1.94. The number of piperidine rings is 1. The van der Waals surface area contributed by atoms with E-state index >= 15 is 0 Å². The highest BCUT2D eigenvalue weighted by atomic mass is 15.1. The SMILES string of the molecule is Cc1cncc(CN2CCCC(CN)C2)c1. The number of rotatable bonds is 3. The summed E-state index contributed by atoms with van der Waals surface area (Å²) in [6, 6.07) is 2.22. The van der Waals surface area contributed by atoms with Gasteiger partial charge in [0.15, 0.2) is 0 Å². The van der Waals surface area contributed by atoms with Crippen LogP contribution in [0.2, 0.25) is 0 Å². The van der Waals surface area contributed by atoms with Gasteiger partial charge in [0.05, 0.1) is 0 Å². The van der Waals surface area contributed by atoms with Crippen molar-refractivity contribution in [3.63, 3.8) is 0 Å². The summed E-state index contributed by atoms with van der Waals surface area (Å²) in [4.78, 5) is 6.74. The Hall–Kier alpha value is -0.930. The van der Waals surface area contributed by atoms with Crippen LogP contribution in [0, 0.1) is 12.8 Å². The van der Waals surface area contributed by atoms with Crippen LogP contribution in [-0.2, 0) is 6.54 Å². The lowest BCUT2D eigenvalue weighted by molar-refractivity contribution is 0.171. The Bertz CT molecular complexity index is 338. The van der Waals surface area contributed by atoms with Crippen LogP contribution in [0.15, 0.2) is 18.5 Å². The van der Waals surface area contributed by atoms with Gasteiger partial charge in [-0.25, -0.2) is 0 Å². The first-order valence-corrected chi connectivity index (χ1v) is 6.11. The first kappa shape index (κ1) is 11.6. The minimum Gasteiger partial charge on any atom is -0.330 e. The molecule has 0 spiro atoms. The van der Waals surface area contributed by atoms with E-state index in [2.05, 4.69) is 22.9 Å². The predicted octanol–water partition coefficient (Wildman–Crippen LogP) is 1.56. The van der Waals surface area contributed by atoms with Crippen molar-refractivity contribution in [2.24, 2.45) is 11.7 Å². The Morgan fingerprint density at radius 3 is 3.12 bits per heavy atom. The third kappa shape index (κ3) is 3.03. The van der Waals surface area contributed by atoms with Gasteiger partial charge in [-0.2, -0.15) is 0 Å². The normalized spacial score (nSPS) is 22.2. The van der Waals surface area contributed by atoms with E-state index in [0.29, 0.717) is 5.92 Å². The van der Waals surface area contributed by atoms with Gasteiger partial charge in [-0.1, -0.05) is 6.07 Å². The maximum atomic E-state index is 5.74. The molecule has 0 bridgehead atoms. The minimum absolute atomic E-state index is 0.687. The number of aromatic nitrogens is 1. The maximum absolute atomic E-state index is 5.74. The monoisotopic (exact) mass is 219 g/mol. The molecule has 1 unspecified atom stereocenters. The minimum atomic E-state index is 0.687. The second kappa shape index (κ2) is 5.41. The number of hydrogen-bond acceptors (Lipinski definition) is 3. The fraction of sp³-hybridized carbons (Fsp3) is 0.615. The molecule has 1 atom stereocenters. The zero-order chi connectivity index (χ0) is 11.4. The predicted molar refractivity (Wildman–Crippen MR) is 66.0 cm³/mol. The summed E-state index contributed by atoms with van der Waals surface area (Å²) in [7, 11) is 0. The average Bonchev–Trinajstić information content (AvgIpc) is 2.29. The summed E-state index contributed by atoms with van der Waals surface area (Å²) in [6.07, 6.45) is 6.45. The average molecular weight is 219 g/mol. The molecule has 1 aliphatic heterocycles. The largest absolute Gasteiger partial charge is 0.330 e. The van der Waals surface area contributed by atoms with Crippen LogP contribution < -0.4 is 5.73 Å². The van der Waals surface area contributed by atoms with E-state index in [1.54, 1.807) is 0 Å². The number of pyridine rings is 1. The molecule has 1 aromatic heterocycles. The number of aryl methyl sites for hydroxylation is 1. The Morgan fingerprint density at radius 1 is 1.50 bits per heavy atom. The van der Waals surface area contributed by atoms with Crippen LogP contribution in [0.1, 0.15) is 24.0 Å². The maximum Gasteiger partial charge on any atom is 0.0313 e. The molecular weight excluding hydrogens is 198 g/mol. The van der Waals surface area contributed by atoms with Crippen LogP contribution in [-0.4, -0.2) is 29.5 Å². The van der Waals surface area contributed by atoms with E-state index in [1.165, 1.54) is 30.5 Å². The summed E-state index contributed by atoms with van der Waals surface area (Å²) in [5, 5.41) is 0. The molecule has 2 rings (SSSR count). The fourth-order valence-electron chi connectivity index (χ4n) is 2.45. The highest BCUT2D eigenvalue weighted by molar-refractivity contribution is 5.16. The van der Waals surface area contributed by atoms with Crippen molar-refractivity contribution < 1.29 is 0 Å². The molecule has 1 saturated heterocycles. The van der Waals surface area contributed by atoms with E-state index in [0.717, 1.165) is 19.6 Å². The molecule has 0 aliphatic carbocycles. The highest BCUT2D eigenvalue weighted by Gasteiger charge is 2.18. The fourth-order valence-corrected chi connectivity index (χ4v) is 2.45. The van der Waals surface area contributed by atoms with Crippen molar-refractivity contribution in [1.29, 1.82) is 0 Å². The number of hydrogen-bond donors (Lipinski definition) is 1. The Morgan fingerprint density at radius 2 is 2.38 bits per heavy atom. The topological polar surface area (TPSA) is 42.2 Å². The molecular formula is C13H21N3. The number of nitrogens with two attached hydrogens (primary N) is 1. The van der Waals surface area contributed by atoms with E-state index in [1.807, 2.05) is 12.4 Å². The molecule has 3 nitrogen and oxygen atoms in total. The summed E-state index contributed by atoms with van der Waals surface area (Å²) in [5.74, 6) is 0.687. The molecule has 88 valence electrons. The first-order chi connectivity index (χ1) is 7.78. The van der Waals surface area contributed by atoms with Gasteiger partial charge in [-0.05, 0) is 49.9 Å².